The van der Waals surface area contributed by atoms with Crippen LogP contribution in [0.25, 0.3) is 0 Å². The Bertz CT molecular complexity index is 532. The van der Waals surface area contributed by atoms with Crippen molar-refractivity contribution in [3.8, 4) is 0 Å². The second-order valence-electron chi connectivity index (χ2n) is 3.88. The number of piperazine rings is 1. The van der Waals surface area contributed by atoms with Gasteiger partial charge in [0.05, 0.1) is 10.7 Å². The van der Waals surface area contributed by atoms with E-state index < -0.39 is 16.0 Å². The molecule has 2 N–H and O–H groups in total. The van der Waals surface area contributed by atoms with Crippen LogP contribution in [0, 0.1) is 5.82 Å². The number of nitrogens with zero attached hydrogens (tertiary/aromatic N) is 1. The van der Waals surface area contributed by atoms with Gasteiger partial charge in [-0.25, -0.2) is 4.39 Å². The van der Waals surface area contributed by atoms with E-state index >= 15 is 0 Å². The third kappa shape index (κ3) is 3.11. The number of hydrogen-bond acceptors (Lipinski definition) is 3. The van der Waals surface area contributed by atoms with Gasteiger partial charge >= 0.3 is 10.2 Å². The Kier molecular flexibility index (Phi) is 4.06. The van der Waals surface area contributed by atoms with Gasteiger partial charge in [0, 0.05) is 26.2 Å². The molecule has 1 aromatic rings. The van der Waals surface area contributed by atoms with Crippen LogP contribution in [0.5, 0.6) is 0 Å². The molecule has 0 spiro atoms. The zero-order valence-electron chi connectivity index (χ0n) is 9.49. The Labute approximate surface area is 110 Å². The van der Waals surface area contributed by atoms with Gasteiger partial charge in [-0.2, -0.15) is 12.7 Å². The Balaban J connectivity index is 2.18. The van der Waals surface area contributed by atoms with Crippen LogP contribution in [0.3, 0.4) is 0 Å². The molecule has 1 saturated heterocycles. The fraction of sp³-hybridized carbons (Fsp3) is 0.400. The minimum Gasteiger partial charge on any atom is -0.314 e. The summed E-state index contributed by atoms with van der Waals surface area (Å²) in [4.78, 5) is 0. The predicted octanol–water partition coefficient (Wildman–Crippen LogP) is 1.04. The minimum absolute atomic E-state index is 0.0511. The highest BCUT2D eigenvalue weighted by Gasteiger charge is 2.24. The van der Waals surface area contributed by atoms with Gasteiger partial charge < -0.3 is 5.32 Å². The van der Waals surface area contributed by atoms with E-state index in [1.165, 1.54) is 16.4 Å². The Hall–Kier alpha value is -0.890. The molecule has 0 radical (unpaired) electrons. The quantitative estimate of drug-likeness (QED) is 0.875. The Morgan fingerprint density at radius 3 is 2.67 bits per heavy atom. The van der Waals surface area contributed by atoms with Crippen LogP contribution in [0.4, 0.5) is 10.1 Å². The van der Waals surface area contributed by atoms with Gasteiger partial charge in [0.15, 0.2) is 0 Å². The average Bonchev–Trinajstić information content (AvgIpc) is 2.35. The molecule has 100 valence electrons. The lowest BCUT2D eigenvalue weighted by Gasteiger charge is -2.27. The Morgan fingerprint density at radius 2 is 2.00 bits per heavy atom. The monoisotopic (exact) mass is 293 g/mol. The number of halogens is 2. The van der Waals surface area contributed by atoms with Crippen molar-refractivity contribution in [2.24, 2.45) is 0 Å². The first-order chi connectivity index (χ1) is 8.49. The van der Waals surface area contributed by atoms with Crippen LogP contribution in [-0.4, -0.2) is 38.9 Å². The second kappa shape index (κ2) is 5.40. The highest BCUT2D eigenvalue weighted by molar-refractivity contribution is 7.90. The molecule has 2 rings (SSSR count). The summed E-state index contributed by atoms with van der Waals surface area (Å²) in [6.07, 6.45) is 0. The van der Waals surface area contributed by atoms with Crippen LogP contribution < -0.4 is 10.0 Å². The van der Waals surface area contributed by atoms with Gasteiger partial charge in [0.1, 0.15) is 5.82 Å². The standard InChI is InChI=1S/C10H13ClFN3O2S/c11-9-2-1-8(12)7-10(9)14-18(16,17)15-5-3-13-4-6-15/h1-2,7,13-14H,3-6H2. The SMILES string of the molecule is O=S(=O)(Nc1cc(F)ccc1Cl)N1CCNCC1. The van der Waals surface area contributed by atoms with Crippen LogP contribution in [0.1, 0.15) is 0 Å². The molecule has 5 nitrogen and oxygen atoms in total. The van der Waals surface area contributed by atoms with Crippen molar-refractivity contribution in [3.05, 3.63) is 29.0 Å². The molecule has 1 aromatic carbocycles. The summed E-state index contributed by atoms with van der Waals surface area (Å²) < 4.78 is 40.7. The molecule has 0 aromatic heterocycles. The normalized spacial score (nSPS) is 17.7. The van der Waals surface area contributed by atoms with Gasteiger partial charge in [-0.1, -0.05) is 11.6 Å². The van der Waals surface area contributed by atoms with Gasteiger partial charge in [-0.15, -0.1) is 0 Å². The predicted molar refractivity (Wildman–Crippen MR) is 68.4 cm³/mol. The largest absolute Gasteiger partial charge is 0.314 e. The van der Waals surface area contributed by atoms with Crippen molar-refractivity contribution >= 4 is 27.5 Å². The molecule has 18 heavy (non-hydrogen) atoms. The fourth-order valence-electron chi connectivity index (χ4n) is 1.66. The van der Waals surface area contributed by atoms with E-state index in [1.54, 1.807) is 0 Å². The van der Waals surface area contributed by atoms with Crippen molar-refractivity contribution in [2.45, 2.75) is 0 Å². The second-order valence-corrected chi connectivity index (χ2v) is 5.96. The first-order valence-corrected chi connectivity index (χ1v) is 7.24. The van der Waals surface area contributed by atoms with E-state index in [0.29, 0.717) is 26.2 Å². The third-order valence-electron chi connectivity index (χ3n) is 2.58. The molecule has 1 heterocycles. The van der Waals surface area contributed by atoms with Gasteiger partial charge in [-0.05, 0) is 18.2 Å². The van der Waals surface area contributed by atoms with Crippen molar-refractivity contribution < 1.29 is 12.8 Å². The lowest BCUT2D eigenvalue weighted by Crippen LogP contribution is -2.48. The fourth-order valence-corrected chi connectivity index (χ4v) is 3.12. The van der Waals surface area contributed by atoms with Crippen LogP contribution in [0.15, 0.2) is 18.2 Å². The van der Waals surface area contributed by atoms with Crippen molar-refractivity contribution in [1.29, 1.82) is 0 Å². The Morgan fingerprint density at radius 1 is 1.33 bits per heavy atom. The zero-order valence-corrected chi connectivity index (χ0v) is 11.1. The highest BCUT2D eigenvalue weighted by atomic mass is 35.5. The summed E-state index contributed by atoms with van der Waals surface area (Å²) >= 11 is 5.82. The van der Waals surface area contributed by atoms with E-state index in [9.17, 15) is 12.8 Å². The van der Waals surface area contributed by atoms with E-state index in [-0.39, 0.29) is 10.7 Å². The first kappa shape index (κ1) is 13.5. The number of benzene rings is 1. The molecule has 0 amide bonds. The van der Waals surface area contributed by atoms with Gasteiger partial charge in [0.2, 0.25) is 0 Å². The number of hydrogen-bond donors (Lipinski definition) is 2. The van der Waals surface area contributed by atoms with Gasteiger partial charge in [0.25, 0.3) is 0 Å². The molecule has 0 bridgehead atoms. The molecule has 1 fully saturated rings. The molecule has 0 aliphatic carbocycles. The van der Waals surface area contributed by atoms with Crippen LogP contribution in [-0.2, 0) is 10.2 Å². The minimum atomic E-state index is -3.68. The lowest BCUT2D eigenvalue weighted by atomic mass is 10.3. The number of nitrogens with one attached hydrogen (secondary N) is 2. The van der Waals surface area contributed by atoms with Crippen molar-refractivity contribution in [1.82, 2.24) is 9.62 Å². The molecular formula is C10H13ClFN3O2S. The van der Waals surface area contributed by atoms with E-state index in [2.05, 4.69) is 10.0 Å². The maximum Gasteiger partial charge on any atom is 0.301 e. The zero-order chi connectivity index (χ0) is 13.2. The average molecular weight is 294 g/mol. The van der Waals surface area contributed by atoms with E-state index in [4.69, 9.17) is 11.6 Å². The molecule has 8 heteroatoms. The summed E-state index contributed by atoms with van der Waals surface area (Å²) in [5.41, 5.74) is 0.0511. The summed E-state index contributed by atoms with van der Waals surface area (Å²) in [7, 11) is -3.68. The lowest BCUT2D eigenvalue weighted by molar-refractivity contribution is 0.362. The van der Waals surface area contributed by atoms with E-state index in [0.717, 1.165) is 6.07 Å². The van der Waals surface area contributed by atoms with E-state index in [1.807, 2.05) is 0 Å². The maximum atomic E-state index is 13.0. The summed E-state index contributed by atoms with van der Waals surface area (Å²) in [5.74, 6) is -0.544. The number of rotatable bonds is 3. The summed E-state index contributed by atoms with van der Waals surface area (Å²) in [5, 5.41) is 3.21. The van der Waals surface area contributed by atoms with Crippen LogP contribution >= 0.6 is 11.6 Å². The molecule has 1 aliphatic rings. The topological polar surface area (TPSA) is 61.4 Å². The highest BCUT2D eigenvalue weighted by Crippen LogP contribution is 2.24. The van der Waals surface area contributed by atoms with Crippen LogP contribution in [0.2, 0.25) is 5.02 Å². The molecular weight excluding hydrogens is 281 g/mol. The first-order valence-electron chi connectivity index (χ1n) is 5.43. The van der Waals surface area contributed by atoms with Crippen molar-refractivity contribution in [3.63, 3.8) is 0 Å². The maximum absolute atomic E-state index is 13.0. The summed E-state index contributed by atoms with van der Waals surface area (Å²) in [6, 6.07) is 3.54. The number of anilines is 1. The van der Waals surface area contributed by atoms with Gasteiger partial charge in [-0.3, -0.25) is 4.72 Å². The summed E-state index contributed by atoms with van der Waals surface area (Å²) in [6.45, 7) is 1.94. The molecule has 1 aliphatic heterocycles. The van der Waals surface area contributed by atoms with Crippen molar-refractivity contribution in [2.75, 3.05) is 30.9 Å². The smallest absolute Gasteiger partial charge is 0.301 e. The molecule has 0 unspecified atom stereocenters. The molecule has 0 saturated carbocycles. The molecule has 0 atom stereocenters. The third-order valence-corrected chi connectivity index (χ3v) is 4.44.